The highest BCUT2D eigenvalue weighted by atomic mass is 32.2. The lowest BCUT2D eigenvalue weighted by Gasteiger charge is -2.14. The molecule has 0 bridgehead atoms. The van der Waals surface area contributed by atoms with Crippen LogP contribution in [0.25, 0.3) is 22.0 Å². The van der Waals surface area contributed by atoms with Crippen molar-refractivity contribution in [2.75, 3.05) is 11.8 Å². The van der Waals surface area contributed by atoms with Gasteiger partial charge in [0.1, 0.15) is 11.8 Å². The first-order valence-corrected chi connectivity index (χ1v) is 11.5. The third kappa shape index (κ3) is 4.46. The van der Waals surface area contributed by atoms with E-state index in [0.29, 0.717) is 22.0 Å². The van der Waals surface area contributed by atoms with E-state index in [1.54, 1.807) is 6.07 Å². The molecule has 2 aromatic heterocycles. The first-order valence-electron chi connectivity index (χ1n) is 9.15. The van der Waals surface area contributed by atoms with Gasteiger partial charge in [0.2, 0.25) is 0 Å². The van der Waals surface area contributed by atoms with Crippen molar-refractivity contribution in [3.63, 3.8) is 0 Å². The number of ether oxygens (including phenoxy) is 1. The van der Waals surface area contributed by atoms with Crippen LogP contribution in [0.15, 0.2) is 58.9 Å². The molecule has 2 heterocycles. The summed E-state index contributed by atoms with van der Waals surface area (Å²) < 4.78 is 72.2. The summed E-state index contributed by atoms with van der Waals surface area (Å²) in [6.45, 7) is 0. The average molecular weight is 490 g/mol. The molecule has 0 unspecified atom stereocenters. The zero-order valence-electron chi connectivity index (χ0n) is 16.7. The third-order valence-corrected chi connectivity index (χ3v) is 6.89. The van der Waals surface area contributed by atoms with Crippen molar-refractivity contribution in [3.05, 3.63) is 65.3 Å². The Morgan fingerprint density at radius 3 is 2.61 bits per heavy atom. The summed E-state index contributed by atoms with van der Waals surface area (Å²) in [5.41, 5.74) is -0.0906. The van der Waals surface area contributed by atoms with Gasteiger partial charge in [-0.3, -0.25) is 9.71 Å². The molecule has 0 aliphatic heterocycles. The molecule has 4 rings (SSSR count). The van der Waals surface area contributed by atoms with E-state index in [2.05, 4.69) is 14.7 Å². The van der Waals surface area contributed by atoms with E-state index in [4.69, 9.17) is 10.00 Å². The molecule has 0 atom stereocenters. The van der Waals surface area contributed by atoms with E-state index in [0.717, 1.165) is 23.5 Å². The number of hydrogen-bond acceptors (Lipinski definition) is 7. The van der Waals surface area contributed by atoms with Gasteiger partial charge in [0.05, 0.1) is 23.3 Å². The molecule has 168 valence electrons. The molecule has 0 spiro atoms. The molecule has 0 aliphatic rings. The molecule has 0 saturated carbocycles. The second-order valence-corrected chi connectivity index (χ2v) is 9.25. The lowest BCUT2D eigenvalue weighted by atomic mass is 10.0. The Morgan fingerprint density at radius 2 is 1.94 bits per heavy atom. The molecule has 4 aromatic rings. The van der Waals surface area contributed by atoms with E-state index in [1.807, 2.05) is 6.07 Å². The zero-order valence-corrected chi connectivity index (χ0v) is 18.3. The van der Waals surface area contributed by atoms with Gasteiger partial charge in [0.15, 0.2) is 10.8 Å². The molecule has 0 fully saturated rings. The summed E-state index contributed by atoms with van der Waals surface area (Å²) in [4.78, 5) is 8.09. The number of alkyl halides is 3. The van der Waals surface area contributed by atoms with Gasteiger partial charge in [-0.15, -0.1) is 11.3 Å². The molecule has 2 aromatic carbocycles. The number of halogens is 3. The standard InChI is InChI=1S/C21H13F3N4O3S2/c1-31-18-9-13(21(22,23)24)2-4-17(18)19-16-5-3-15(8-12(16)6-7-26-19)33(29,30)28-20-27-14(10-25)11-32-20/h2-9,11H,1H3,(H,27,28). The van der Waals surface area contributed by atoms with Crippen molar-refractivity contribution in [2.45, 2.75) is 11.1 Å². The quantitative estimate of drug-likeness (QED) is 0.419. The van der Waals surface area contributed by atoms with E-state index < -0.39 is 21.8 Å². The van der Waals surface area contributed by atoms with Crippen molar-refractivity contribution in [1.82, 2.24) is 9.97 Å². The van der Waals surface area contributed by atoms with Gasteiger partial charge in [0, 0.05) is 22.5 Å². The SMILES string of the molecule is COc1cc(C(F)(F)F)ccc1-c1nccc2cc(S(=O)(=O)Nc3nc(C#N)cs3)ccc12. The number of sulfonamides is 1. The normalized spacial score (nSPS) is 11.8. The second kappa shape index (κ2) is 8.34. The Balaban J connectivity index is 1.76. The fourth-order valence-electron chi connectivity index (χ4n) is 3.15. The number of anilines is 1. The Hall–Kier alpha value is -3.69. The van der Waals surface area contributed by atoms with Crippen LogP contribution in [0.1, 0.15) is 11.3 Å². The number of methoxy groups -OCH3 is 1. The molecule has 33 heavy (non-hydrogen) atoms. The summed E-state index contributed by atoms with van der Waals surface area (Å²) in [6, 6.07) is 10.8. The van der Waals surface area contributed by atoms with Crippen LogP contribution in [0.3, 0.4) is 0 Å². The maximum atomic E-state index is 13.1. The van der Waals surface area contributed by atoms with Crippen molar-refractivity contribution in [3.8, 4) is 23.1 Å². The summed E-state index contributed by atoms with van der Waals surface area (Å²) in [5.74, 6) is -0.0137. The van der Waals surface area contributed by atoms with Crippen molar-refractivity contribution < 1.29 is 26.3 Å². The molecule has 12 heteroatoms. The lowest BCUT2D eigenvalue weighted by molar-refractivity contribution is -0.137. The van der Waals surface area contributed by atoms with Crippen LogP contribution in [0.4, 0.5) is 18.3 Å². The fourth-order valence-corrected chi connectivity index (χ4v) is 5.07. The van der Waals surface area contributed by atoms with Crippen LogP contribution in [0.5, 0.6) is 5.75 Å². The van der Waals surface area contributed by atoms with Crippen molar-refractivity contribution in [1.29, 1.82) is 5.26 Å². The molecule has 0 radical (unpaired) electrons. The minimum Gasteiger partial charge on any atom is -0.496 e. The third-order valence-electron chi connectivity index (χ3n) is 4.67. The minimum atomic E-state index is -4.53. The number of hydrogen-bond donors (Lipinski definition) is 1. The fraction of sp³-hybridized carbons (Fsp3) is 0.0952. The highest BCUT2D eigenvalue weighted by Gasteiger charge is 2.31. The summed E-state index contributed by atoms with van der Waals surface area (Å²) in [5, 5.41) is 11.3. The number of nitriles is 1. The van der Waals surface area contributed by atoms with E-state index in [9.17, 15) is 21.6 Å². The lowest BCUT2D eigenvalue weighted by Crippen LogP contribution is -2.12. The first kappa shape index (κ1) is 22.5. The van der Waals surface area contributed by atoms with Crippen LogP contribution in [-0.2, 0) is 16.2 Å². The zero-order chi connectivity index (χ0) is 23.8. The molecule has 0 amide bonds. The summed E-state index contributed by atoms with van der Waals surface area (Å²) >= 11 is 0.978. The largest absolute Gasteiger partial charge is 0.496 e. The van der Waals surface area contributed by atoms with Gasteiger partial charge in [-0.1, -0.05) is 6.07 Å². The van der Waals surface area contributed by atoms with E-state index >= 15 is 0 Å². The Bertz CT molecular complexity index is 1510. The minimum absolute atomic E-state index is 0.0137. The number of pyridine rings is 1. The molecular weight excluding hydrogens is 477 g/mol. The van der Waals surface area contributed by atoms with Crippen LogP contribution in [0.2, 0.25) is 0 Å². The van der Waals surface area contributed by atoms with Crippen molar-refractivity contribution >= 4 is 37.3 Å². The predicted molar refractivity (Wildman–Crippen MR) is 116 cm³/mol. The maximum absolute atomic E-state index is 13.1. The molecule has 0 aliphatic carbocycles. The van der Waals surface area contributed by atoms with Gasteiger partial charge >= 0.3 is 6.18 Å². The number of nitrogens with one attached hydrogen (secondary N) is 1. The van der Waals surface area contributed by atoms with Gasteiger partial charge in [0.25, 0.3) is 10.0 Å². The van der Waals surface area contributed by atoms with Gasteiger partial charge < -0.3 is 4.74 Å². The van der Waals surface area contributed by atoms with E-state index in [1.165, 1.54) is 43.0 Å². The van der Waals surface area contributed by atoms with Crippen LogP contribution >= 0.6 is 11.3 Å². The number of nitrogens with zero attached hydrogens (tertiary/aromatic N) is 3. The number of rotatable bonds is 5. The number of fused-ring (bicyclic) bond motifs is 1. The summed E-state index contributed by atoms with van der Waals surface area (Å²) in [6.07, 6.45) is -3.10. The Kier molecular flexibility index (Phi) is 5.69. The Labute approximate surface area is 190 Å². The predicted octanol–water partition coefficient (Wildman–Crippen LogP) is 5.06. The first-order chi connectivity index (χ1) is 15.6. The number of thiazole rings is 1. The van der Waals surface area contributed by atoms with Gasteiger partial charge in [-0.05, 0) is 41.8 Å². The maximum Gasteiger partial charge on any atom is 0.416 e. The summed E-state index contributed by atoms with van der Waals surface area (Å²) in [7, 11) is -2.73. The Morgan fingerprint density at radius 1 is 1.15 bits per heavy atom. The monoisotopic (exact) mass is 490 g/mol. The van der Waals surface area contributed by atoms with Crippen LogP contribution in [0, 0.1) is 11.3 Å². The van der Waals surface area contributed by atoms with Gasteiger partial charge in [-0.25, -0.2) is 13.4 Å². The molecule has 0 saturated heterocycles. The van der Waals surface area contributed by atoms with Crippen molar-refractivity contribution in [2.24, 2.45) is 0 Å². The van der Waals surface area contributed by atoms with Crippen LogP contribution < -0.4 is 9.46 Å². The highest BCUT2D eigenvalue weighted by molar-refractivity contribution is 7.93. The van der Waals surface area contributed by atoms with Crippen LogP contribution in [-0.4, -0.2) is 25.5 Å². The second-order valence-electron chi connectivity index (χ2n) is 6.71. The highest BCUT2D eigenvalue weighted by Crippen LogP contribution is 2.38. The topological polar surface area (TPSA) is 105 Å². The molecule has 1 N–H and O–H groups in total. The smallest absolute Gasteiger partial charge is 0.416 e. The number of aromatic nitrogens is 2. The molecular formula is C21H13F3N4O3S2. The average Bonchev–Trinajstić information content (AvgIpc) is 3.24. The number of benzene rings is 2. The molecule has 7 nitrogen and oxygen atoms in total. The van der Waals surface area contributed by atoms with E-state index in [-0.39, 0.29) is 21.5 Å². The van der Waals surface area contributed by atoms with Gasteiger partial charge in [-0.2, -0.15) is 18.4 Å².